The van der Waals surface area contributed by atoms with Crippen LogP contribution in [0.1, 0.15) is 52.4 Å². The molecule has 0 bridgehead atoms. The van der Waals surface area contributed by atoms with Crippen LogP contribution in [-0.4, -0.2) is 36.5 Å². The fraction of sp³-hybridized carbons (Fsp3) is 0.933. The first-order valence-electron chi connectivity index (χ1n) is 7.73. The zero-order valence-electron chi connectivity index (χ0n) is 12.0. The highest BCUT2D eigenvalue weighted by atomic mass is 16.2. The first-order valence-corrected chi connectivity index (χ1v) is 7.73. The standard InChI is InChI=1S/C15H28N2O/c1-3-4-13-6-9-17(10-7-13)15(18)14-11-12(2)5-8-16-14/h12-14,16H,3-11H2,1-2H3. The van der Waals surface area contributed by atoms with Crippen molar-refractivity contribution < 1.29 is 4.79 Å². The van der Waals surface area contributed by atoms with E-state index in [2.05, 4.69) is 24.1 Å². The SMILES string of the molecule is CCCC1CCN(C(=O)C2CC(C)CCN2)CC1. The summed E-state index contributed by atoms with van der Waals surface area (Å²) in [4.78, 5) is 14.5. The second-order valence-corrected chi connectivity index (χ2v) is 6.19. The molecule has 1 N–H and O–H groups in total. The minimum absolute atomic E-state index is 0.0940. The summed E-state index contributed by atoms with van der Waals surface area (Å²) in [7, 11) is 0. The normalized spacial score (nSPS) is 30.4. The van der Waals surface area contributed by atoms with E-state index in [0.29, 0.717) is 11.8 Å². The number of carbonyl (C=O) groups is 1. The quantitative estimate of drug-likeness (QED) is 0.836. The van der Waals surface area contributed by atoms with Gasteiger partial charge in [-0.05, 0) is 44.1 Å². The maximum Gasteiger partial charge on any atom is 0.239 e. The van der Waals surface area contributed by atoms with Gasteiger partial charge in [-0.1, -0.05) is 26.7 Å². The van der Waals surface area contributed by atoms with Gasteiger partial charge in [0.15, 0.2) is 0 Å². The maximum absolute atomic E-state index is 12.4. The lowest BCUT2D eigenvalue weighted by atomic mass is 9.90. The van der Waals surface area contributed by atoms with Crippen molar-refractivity contribution in [3.8, 4) is 0 Å². The molecule has 2 aliphatic rings. The highest BCUT2D eigenvalue weighted by molar-refractivity contribution is 5.82. The molecule has 3 nitrogen and oxygen atoms in total. The van der Waals surface area contributed by atoms with Gasteiger partial charge in [-0.3, -0.25) is 4.79 Å². The van der Waals surface area contributed by atoms with Crippen molar-refractivity contribution in [3.05, 3.63) is 0 Å². The van der Waals surface area contributed by atoms with Crippen LogP contribution in [0.5, 0.6) is 0 Å². The molecule has 2 atom stereocenters. The van der Waals surface area contributed by atoms with Crippen LogP contribution in [0.25, 0.3) is 0 Å². The summed E-state index contributed by atoms with van der Waals surface area (Å²) < 4.78 is 0. The molecule has 2 saturated heterocycles. The average Bonchev–Trinajstić information content (AvgIpc) is 2.39. The Kier molecular flexibility index (Phi) is 5.04. The first-order chi connectivity index (χ1) is 8.70. The Labute approximate surface area is 111 Å². The van der Waals surface area contributed by atoms with Crippen LogP contribution in [0.15, 0.2) is 0 Å². The molecule has 0 spiro atoms. The van der Waals surface area contributed by atoms with Crippen LogP contribution < -0.4 is 5.32 Å². The number of hydrogen-bond donors (Lipinski definition) is 1. The molecule has 2 heterocycles. The van der Waals surface area contributed by atoms with E-state index in [0.717, 1.165) is 32.0 Å². The number of hydrogen-bond acceptors (Lipinski definition) is 2. The summed E-state index contributed by atoms with van der Waals surface area (Å²) in [6, 6.07) is 0.0940. The molecule has 0 saturated carbocycles. The molecule has 1 amide bonds. The Balaban J connectivity index is 1.80. The fourth-order valence-electron chi connectivity index (χ4n) is 3.37. The minimum atomic E-state index is 0.0940. The van der Waals surface area contributed by atoms with Crippen molar-refractivity contribution in [1.82, 2.24) is 10.2 Å². The number of piperidine rings is 2. The predicted octanol–water partition coefficient (Wildman–Crippen LogP) is 2.41. The zero-order chi connectivity index (χ0) is 13.0. The third-order valence-corrected chi connectivity index (χ3v) is 4.59. The molecule has 18 heavy (non-hydrogen) atoms. The number of rotatable bonds is 3. The molecule has 2 unspecified atom stereocenters. The third kappa shape index (κ3) is 3.47. The summed E-state index contributed by atoms with van der Waals surface area (Å²) in [5.41, 5.74) is 0. The van der Waals surface area contributed by atoms with Gasteiger partial charge >= 0.3 is 0 Å². The maximum atomic E-state index is 12.4. The first kappa shape index (κ1) is 13.9. The summed E-state index contributed by atoms with van der Waals surface area (Å²) in [6.07, 6.45) is 7.26. The Morgan fingerprint density at radius 1 is 1.28 bits per heavy atom. The molecule has 0 aliphatic carbocycles. The van der Waals surface area contributed by atoms with E-state index in [9.17, 15) is 4.79 Å². The molecule has 0 aromatic heterocycles. The van der Waals surface area contributed by atoms with Gasteiger partial charge in [-0.2, -0.15) is 0 Å². The zero-order valence-corrected chi connectivity index (χ0v) is 12.0. The van der Waals surface area contributed by atoms with Gasteiger partial charge in [0.1, 0.15) is 0 Å². The lowest BCUT2D eigenvalue weighted by molar-refractivity contribution is -0.135. The van der Waals surface area contributed by atoms with Gasteiger partial charge in [0.05, 0.1) is 6.04 Å². The summed E-state index contributed by atoms with van der Waals surface area (Å²) in [5.74, 6) is 1.91. The average molecular weight is 252 g/mol. The van der Waals surface area contributed by atoms with E-state index in [-0.39, 0.29) is 6.04 Å². The molecule has 2 aliphatic heterocycles. The number of likely N-dealkylation sites (tertiary alicyclic amines) is 1. The minimum Gasteiger partial charge on any atom is -0.341 e. The second kappa shape index (κ2) is 6.55. The highest BCUT2D eigenvalue weighted by Crippen LogP contribution is 2.23. The second-order valence-electron chi connectivity index (χ2n) is 6.19. The molecule has 3 heteroatoms. The molecule has 0 aromatic rings. The van der Waals surface area contributed by atoms with E-state index in [1.54, 1.807) is 0 Å². The van der Waals surface area contributed by atoms with E-state index >= 15 is 0 Å². The van der Waals surface area contributed by atoms with Crippen LogP contribution in [-0.2, 0) is 4.79 Å². The largest absolute Gasteiger partial charge is 0.341 e. The molecule has 104 valence electrons. The van der Waals surface area contributed by atoms with Crippen LogP contribution in [0.2, 0.25) is 0 Å². The van der Waals surface area contributed by atoms with Crippen LogP contribution in [0.3, 0.4) is 0 Å². The molecule has 0 radical (unpaired) electrons. The van der Waals surface area contributed by atoms with E-state index in [4.69, 9.17) is 0 Å². The van der Waals surface area contributed by atoms with E-state index < -0.39 is 0 Å². The lowest BCUT2D eigenvalue weighted by Gasteiger charge is -2.36. The Morgan fingerprint density at radius 2 is 2.00 bits per heavy atom. The van der Waals surface area contributed by atoms with Crippen LogP contribution in [0.4, 0.5) is 0 Å². The predicted molar refractivity (Wildman–Crippen MR) is 74.4 cm³/mol. The lowest BCUT2D eigenvalue weighted by Crippen LogP contribution is -2.51. The number of carbonyl (C=O) groups excluding carboxylic acids is 1. The Hall–Kier alpha value is -0.570. The topological polar surface area (TPSA) is 32.3 Å². The highest BCUT2D eigenvalue weighted by Gasteiger charge is 2.30. The number of nitrogens with one attached hydrogen (secondary N) is 1. The molecular formula is C15H28N2O. The fourth-order valence-corrected chi connectivity index (χ4v) is 3.37. The van der Waals surface area contributed by atoms with Gasteiger partial charge in [0.2, 0.25) is 5.91 Å². The Bertz CT molecular complexity index is 272. The van der Waals surface area contributed by atoms with Gasteiger partial charge < -0.3 is 10.2 Å². The van der Waals surface area contributed by atoms with Crippen LogP contribution >= 0.6 is 0 Å². The summed E-state index contributed by atoms with van der Waals surface area (Å²) in [5, 5.41) is 3.39. The summed E-state index contributed by atoms with van der Waals surface area (Å²) >= 11 is 0. The smallest absolute Gasteiger partial charge is 0.239 e. The van der Waals surface area contributed by atoms with Gasteiger partial charge in [0, 0.05) is 13.1 Å². The van der Waals surface area contributed by atoms with E-state index in [1.165, 1.54) is 32.1 Å². The van der Waals surface area contributed by atoms with Gasteiger partial charge in [-0.25, -0.2) is 0 Å². The van der Waals surface area contributed by atoms with Crippen LogP contribution in [0, 0.1) is 11.8 Å². The Morgan fingerprint density at radius 3 is 2.61 bits per heavy atom. The van der Waals surface area contributed by atoms with Crippen molar-refractivity contribution >= 4 is 5.91 Å². The van der Waals surface area contributed by atoms with Crippen molar-refractivity contribution in [2.75, 3.05) is 19.6 Å². The third-order valence-electron chi connectivity index (χ3n) is 4.59. The van der Waals surface area contributed by atoms with Crippen molar-refractivity contribution in [2.24, 2.45) is 11.8 Å². The molecule has 2 rings (SSSR count). The molecule has 0 aromatic carbocycles. The van der Waals surface area contributed by atoms with E-state index in [1.807, 2.05) is 0 Å². The number of nitrogens with zero attached hydrogens (tertiary/aromatic N) is 1. The summed E-state index contributed by atoms with van der Waals surface area (Å²) in [6.45, 7) is 7.48. The van der Waals surface area contributed by atoms with Gasteiger partial charge in [-0.15, -0.1) is 0 Å². The molecular weight excluding hydrogens is 224 g/mol. The van der Waals surface area contributed by atoms with Crippen molar-refractivity contribution in [1.29, 1.82) is 0 Å². The molecule has 2 fully saturated rings. The van der Waals surface area contributed by atoms with Gasteiger partial charge in [0.25, 0.3) is 0 Å². The monoisotopic (exact) mass is 252 g/mol. The van der Waals surface area contributed by atoms with Crippen molar-refractivity contribution in [3.63, 3.8) is 0 Å². The van der Waals surface area contributed by atoms with Crippen molar-refractivity contribution in [2.45, 2.75) is 58.4 Å². The number of amides is 1.